The number of aromatic nitrogens is 2. The lowest BCUT2D eigenvalue weighted by Crippen LogP contribution is -1.81. The van der Waals surface area contributed by atoms with E-state index in [-0.39, 0.29) is 0 Å². The van der Waals surface area contributed by atoms with Crippen molar-refractivity contribution in [1.29, 1.82) is 0 Å². The number of H-pyrrole nitrogens is 1. The van der Waals surface area contributed by atoms with E-state index in [1.54, 1.807) is 0 Å². The Labute approximate surface area is 171 Å². The summed E-state index contributed by atoms with van der Waals surface area (Å²) in [5.74, 6) is 0. The highest BCUT2D eigenvalue weighted by Crippen LogP contribution is 2.45. The van der Waals surface area contributed by atoms with Gasteiger partial charge in [-0.3, -0.25) is 0 Å². The molecule has 5 aromatic carbocycles. The average Bonchev–Trinajstić information content (AvgIpc) is 3.44. The second-order valence-electron chi connectivity index (χ2n) is 8.28. The van der Waals surface area contributed by atoms with Gasteiger partial charge in [-0.05, 0) is 28.3 Å². The molecule has 0 atom stereocenters. The molecular formula is C28H16N2. The van der Waals surface area contributed by atoms with Crippen LogP contribution >= 0.6 is 0 Å². The minimum atomic E-state index is 1.22. The predicted molar refractivity (Wildman–Crippen MR) is 128 cm³/mol. The minimum absolute atomic E-state index is 1.22. The second-order valence-corrected chi connectivity index (χ2v) is 8.28. The molecule has 30 heavy (non-hydrogen) atoms. The Morgan fingerprint density at radius 2 is 1.23 bits per heavy atom. The largest absolute Gasteiger partial charge is 0.352 e. The summed E-state index contributed by atoms with van der Waals surface area (Å²) in [4.78, 5) is 3.82. The third kappa shape index (κ3) is 1.56. The van der Waals surface area contributed by atoms with E-state index in [9.17, 15) is 0 Å². The minimum Gasteiger partial charge on any atom is -0.352 e. The highest BCUT2D eigenvalue weighted by molar-refractivity contribution is 6.34. The third-order valence-corrected chi connectivity index (χ3v) is 6.82. The third-order valence-electron chi connectivity index (χ3n) is 6.82. The fraction of sp³-hybridized carbons (Fsp3) is 0. The number of hydrogen-bond acceptors (Lipinski definition) is 0. The van der Waals surface area contributed by atoms with E-state index in [1.165, 1.54) is 70.7 Å². The van der Waals surface area contributed by atoms with Gasteiger partial charge in [0.15, 0.2) is 0 Å². The van der Waals surface area contributed by atoms with Crippen molar-refractivity contribution >= 4 is 70.7 Å². The molecule has 2 heteroatoms. The lowest BCUT2D eigenvalue weighted by Gasteiger charge is -2.02. The summed E-state index contributed by atoms with van der Waals surface area (Å²) < 4.78 is 2.48. The van der Waals surface area contributed by atoms with Crippen molar-refractivity contribution < 1.29 is 0 Å². The zero-order chi connectivity index (χ0) is 19.4. The van der Waals surface area contributed by atoms with Crippen LogP contribution in [0.2, 0.25) is 0 Å². The summed E-state index contributed by atoms with van der Waals surface area (Å²) in [6.07, 6.45) is 0. The van der Waals surface area contributed by atoms with Crippen LogP contribution in [0.25, 0.3) is 70.7 Å². The van der Waals surface area contributed by atoms with Gasteiger partial charge < -0.3 is 9.38 Å². The molecule has 8 aromatic rings. The number of benzene rings is 5. The quantitative estimate of drug-likeness (QED) is 0.279. The van der Waals surface area contributed by atoms with Gasteiger partial charge in [0.2, 0.25) is 0 Å². The molecule has 0 bridgehead atoms. The van der Waals surface area contributed by atoms with Gasteiger partial charge in [0, 0.05) is 26.9 Å². The van der Waals surface area contributed by atoms with E-state index in [2.05, 4.69) is 100 Å². The highest BCUT2D eigenvalue weighted by atomic mass is 14.9. The normalized spacial score (nSPS) is 12.7. The van der Waals surface area contributed by atoms with Crippen LogP contribution in [0.5, 0.6) is 0 Å². The van der Waals surface area contributed by atoms with Gasteiger partial charge in [0.25, 0.3) is 0 Å². The van der Waals surface area contributed by atoms with Gasteiger partial charge >= 0.3 is 0 Å². The van der Waals surface area contributed by atoms with Crippen molar-refractivity contribution in [1.82, 2.24) is 9.38 Å². The van der Waals surface area contributed by atoms with E-state index in [0.29, 0.717) is 0 Å². The van der Waals surface area contributed by atoms with Gasteiger partial charge in [-0.15, -0.1) is 0 Å². The number of nitrogens with one attached hydrogen (secondary N) is 1. The molecule has 2 nitrogen and oxygen atoms in total. The van der Waals surface area contributed by atoms with Crippen molar-refractivity contribution in [2.75, 3.05) is 0 Å². The summed E-state index contributed by atoms with van der Waals surface area (Å²) in [7, 11) is 0. The molecule has 0 aliphatic heterocycles. The van der Waals surface area contributed by atoms with Crippen molar-refractivity contribution in [2.45, 2.75) is 0 Å². The maximum Gasteiger partial charge on any atom is 0.0798 e. The molecular weight excluding hydrogens is 364 g/mol. The maximum atomic E-state index is 3.82. The second kappa shape index (κ2) is 4.92. The van der Waals surface area contributed by atoms with Crippen LogP contribution in [0.1, 0.15) is 0 Å². The van der Waals surface area contributed by atoms with Crippen molar-refractivity contribution in [2.24, 2.45) is 0 Å². The van der Waals surface area contributed by atoms with E-state index < -0.39 is 0 Å². The SMILES string of the molecule is c1ccc2c(c1)ccc1c2[nH]c2c3cc4ccccc4c4c5ccccc5n(c12)c34. The number of nitrogens with zero attached hydrogens (tertiary/aromatic N) is 1. The van der Waals surface area contributed by atoms with Crippen molar-refractivity contribution in [3.05, 3.63) is 91.0 Å². The Morgan fingerprint density at radius 3 is 2.13 bits per heavy atom. The van der Waals surface area contributed by atoms with E-state index in [0.717, 1.165) is 0 Å². The molecule has 0 aliphatic carbocycles. The average molecular weight is 380 g/mol. The number of aromatic amines is 1. The van der Waals surface area contributed by atoms with Gasteiger partial charge in [-0.2, -0.15) is 0 Å². The molecule has 0 radical (unpaired) electrons. The van der Waals surface area contributed by atoms with Crippen LogP contribution < -0.4 is 0 Å². The molecule has 0 spiro atoms. The predicted octanol–water partition coefficient (Wildman–Crippen LogP) is 7.62. The van der Waals surface area contributed by atoms with Crippen LogP contribution in [0.4, 0.5) is 0 Å². The van der Waals surface area contributed by atoms with Gasteiger partial charge in [0.1, 0.15) is 0 Å². The Hall–Kier alpha value is -4.04. The van der Waals surface area contributed by atoms with Gasteiger partial charge in [-0.1, -0.05) is 78.9 Å². The van der Waals surface area contributed by atoms with E-state index in [1.807, 2.05) is 0 Å². The summed E-state index contributed by atoms with van der Waals surface area (Å²) in [5.41, 5.74) is 6.34. The first-order chi connectivity index (χ1) is 14.9. The molecule has 8 rings (SSSR count). The Kier molecular flexibility index (Phi) is 2.44. The van der Waals surface area contributed by atoms with Gasteiger partial charge in [-0.25, -0.2) is 0 Å². The highest BCUT2D eigenvalue weighted by Gasteiger charge is 2.22. The topological polar surface area (TPSA) is 20.2 Å². The summed E-state index contributed by atoms with van der Waals surface area (Å²) >= 11 is 0. The Morgan fingerprint density at radius 1 is 0.500 bits per heavy atom. The molecule has 138 valence electrons. The number of hydrogen-bond donors (Lipinski definition) is 1. The van der Waals surface area contributed by atoms with Crippen LogP contribution in [0.15, 0.2) is 91.0 Å². The van der Waals surface area contributed by atoms with Crippen molar-refractivity contribution in [3.63, 3.8) is 0 Å². The summed E-state index contributed by atoms with van der Waals surface area (Å²) in [6, 6.07) is 33.1. The van der Waals surface area contributed by atoms with Crippen LogP contribution in [-0.2, 0) is 0 Å². The Balaban J connectivity index is 1.78. The van der Waals surface area contributed by atoms with Crippen LogP contribution in [0, 0.1) is 0 Å². The molecule has 3 heterocycles. The molecule has 3 aromatic heterocycles. The zero-order valence-electron chi connectivity index (χ0n) is 16.1. The van der Waals surface area contributed by atoms with E-state index >= 15 is 0 Å². The van der Waals surface area contributed by atoms with E-state index in [4.69, 9.17) is 0 Å². The Bertz CT molecular complexity index is 1950. The standard InChI is InChI=1S/C28H16N2/c1-4-10-19-16(7-1)13-14-21-25(19)29-26-22-15-17-8-2-3-9-18(17)24-20-11-5-6-12-23(20)30(27(22)24)28(21)26/h1-15,29H. The molecule has 1 N–H and O–H groups in total. The molecule has 0 saturated carbocycles. The summed E-state index contributed by atoms with van der Waals surface area (Å²) in [6.45, 7) is 0. The zero-order valence-corrected chi connectivity index (χ0v) is 16.1. The fourth-order valence-corrected chi connectivity index (χ4v) is 5.61. The van der Waals surface area contributed by atoms with Crippen LogP contribution in [-0.4, -0.2) is 9.38 Å². The lowest BCUT2D eigenvalue weighted by molar-refractivity contribution is 1.38. The first-order valence-corrected chi connectivity index (χ1v) is 10.4. The number of fused-ring (bicyclic) bond motifs is 12. The molecule has 0 fully saturated rings. The first kappa shape index (κ1) is 14.9. The van der Waals surface area contributed by atoms with Crippen LogP contribution in [0.3, 0.4) is 0 Å². The first-order valence-electron chi connectivity index (χ1n) is 10.4. The number of rotatable bonds is 0. The summed E-state index contributed by atoms with van der Waals surface area (Å²) in [5, 5.41) is 10.4. The molecule has 0 saturated heterocycles. The monoisotopic (exact) mass is 380 g/mol. The molecule has 0 aliphatic rings. The van der Waals surface area contributed by atoms with Gasteiger partial charge in [0.05, 0.1) is 27.6 Å². The van der Waals surface area contributed by atoms with Crippen molar-refractivity contribution in [3.8, 4) is 0 Å². The lowest BCUT2D eigenvalue weighted by atomic mass is 10.0. The molecule has 0 amide bonds. The fourth-order valence-electron chi connectivity index (χ4n) is 5.61. The molecule has 0 unspecified atom stereocenters. The number of para-hydroxylation sites is 1. The smallest absolute Gasteiger partial charge is 0.0798 e. The maximum absolute atomic E-state index is 3.82.